The maximum Gasteiger partial charge on any atom is 0.251 e. The van der Waals surface area contributed by atoms with Gasteiger partial charge in [-0.1, -0.05) is 12.1 Å². The number of benzene rings is 1. The number of hydrogen-bond acceptors (Lipinski definition) is 4. The molecule has 0 aromatic heterocycles. The Kier molecular flexibility index (Phi) is 4.41. The molecule has 2 heterocycles. The molecule has 2 fully saturated rings. The summed E-state index contributed by atoms with van der Waals surface area (Å²) in [6.45, 7) is 5.09. The third kappa shape index (κ3) is 2.94. The molecule has 0 spiro atoms. The Morgan fingerprint density at radius 3 is 2.46 bits per heavy atom. The van der Waals surface area contributed by atoms with Gasteiger partial charge in [0, 0.05) is 5.92 Å². The standard InChI is InChI=1S/C18H23N3O3/c1-11-3-4-12(2)14(9-11)21-16(22)10-15(18(21)24)20-7-5-13(6-8-20)17(19)23/h3-4,9,13,15H,5-8,10H2,1-2H3,(H2,19,23). The molecule has 2 N–H and O–H groups in total. The number of hydrogen-bond donors (Lipinski definition) is 1. The van der Waals surface area contributed by atoms with Gasteiger partial charge >= 0.3 is 0 Å². The van der Waals surface area contributed by atoms with E-state index in [1.165, 1.54) is 4.90 Å². The van der Waals surface area contributed by atoms with E-state index in [2.05, 4.69) is 0 Å². The number of imide groups is 1. The van der Waals surface area contributed by atoms with Gasteiger partial charge in [0.2, 0.25) is 11.8 Å². The molecule has 0 radical (unpaired) electrons. The molecule has 1 unspecified atom stereocenters. The van der Waals surface area contributed by atoms with Crippen LogP contribution in [0.15, 0.2) is 18.2 Å². The van der Waals surface area contributed by atoms with E-state index in [1.54, 1.807) is 0 Å². The molecule has 0 aliphatic carbocycles. The lowest BCUT2D eigenvalue weighted by molar-refractivity contribution is -0.124. The minimum absolute atomic E-state index is 0.122. The van der Waals surface area contributed by atoms with Crippen LogP contribution in [0.2, 0.25) is 0 Å². The normalized spacial score (nSPS) is 23.1. The van der Waals surface area contributed by atoms with E-state index in [1.807, 2.05) is 36.9 Å². The number of carbonyl (C=O) groups excluding carboxylic acids is 3. The first-order chi connectivity index (χ1) is 11.4. The highest BCUT2D eigenvalue weighted by Gasteiger charge is 2.44. The molecule has 2 aliphatic heterocycles. The molecule has 6 heteroatoms. The Labute approximate surface area is 141 Å². The van der Waals surface area contributed by atoms with Gasteiger partial charge in [0.1, 0.15) is 0 Å². The van der Waals surface area contributed by atoms with Gasteiger partial charge in [0.05, 0.1) is 18.2 Å². The van der Waals surface area contributed by atoms with Crippen molar-refractivity contribution in [2.45, 2.75) is 39.2 Å². The van der Waals surface area contributed by atoms with E-state index in [4.69, 9.17) is 5.73 Å². The molecular formula is C18H23N3O3. The Morgan fingerprint density at radius 1 is 1.17 bits per heavy atom. The molecular weight excluding hydrogens is 306 g/mol. The molecule has 3 rings (SSSR count). The van der Waals surface area contributed by atoms with Gasteiger partial charge in [-0.3, -0.25) is 19.3 Å². The fraction of sp³-hybridized carbons (Fsp3) is 0.500. The van der Waals surface area contributed by atoms with Gasteiger partial charge in [-0.25, -0.2) is 4.90 Å². The highest BCUT2D eigenvalue weighted by Crippen LogP contribution is 2.30. The summed E-state index contributed by atoms with van der Waals surface area (Å²) in [5.41, 5.74) is 7.97. The van der Waals surface area contributed by atoms with Gasteiger partial charge < -0.3 is 5.73 Å². The average molecular weight is 329 g/mol. The molecule has 128 valence electrons. The number of primary amides is 1. The molecule has 0 saturated carbocycles. The lowest BCUT2D eigenvalue weighted by atomic mass is 9.95. The van der Waals surface area contributed by atoms with Crippen molar-refractivity contribution in [1.82, 2.24) is 4.90 Å². The quantitative estimate of drug-likeness (QED) is 0.843. The summed E-state index contributed by atoms with van der Waals surface area (Å²) in [6.07, 6.45) is 1.50. The number of aryl methyl sites for hydroxylation is 2. The van der Waals surface area contributed by atoms with Crippen molar-refractivity contribution in [3.8, 4) is 0 Å². The third-order valence-corrected chi connectivity index (χ3v) is 5.10. The van der Waals surface area contributed by atoms with Crippen LogP contribution in [-0.4, -0.2) is 41.8 Å². The van der Waals surface area contributed by atoms with Crippen molar-refractivity contribution < 1.29 is 14.4 Å². The van der Waals surface area contributed by atoms with Crippen molar-refractivity contribution in [2.75, 3.05) is 18.0 Å². The van der Waals surface area contributed by atoms with Crippen LogP contribution < -0.4 is 10.6 Å². The van der Waals surface area contributed by atoms with E-state index in [0.717, 1.165) is 11.1 Å². The third-order valence-electron chi connectivity index (χ3n) is 5.10. The number of nitrogens with two attached hydrogens (primary N) is 1. The van der Waals surface area contributed by atoms with Gasteiger partial charge in [-0.15, -0.1) is 0 Å². The van der Waals surface area contributed by atoms with E-state index in [0.29, 0.717) is 31.6 Å². The number of amides is 3. The molecule has 6 nitrogen and oxygen atoms in total. The summed E-state index contributed by atoms with van der Waals surface area (Å²) in [5.74, 6) is -0.717. The van der Waals surface area contributed by atoms with Gasteiger partial charge in [0.25, 0.3) is 5.91 Å². The monoisotopic (exact) mass is 329 g/mol. The van der Waals surface area contributed by atoms with Gasteiger partial charge in [-0.2, -0.15) is 0 Å². The fourth-order valence-corrected chi connectivity index (χ4v) is 3.61. The highest BCUT2D eigenvalue weighted by atomic mass is 16.2. The Morgan fingerprint density at radius 2 is 1.83 bits per heavy atom. The topological polar surface area (TPSA) is 83.7 Å². The van der Waals surface area contributed by atoms with Crippen molar-refractivity contribution >= 4 is 23.4 Å². The second-order valence-electron chi connectivity index (χ2n) is 6.79. The van der Waals surface area contributed by atoms with Crippen LogP contribution in [-0.2, 0) is 14.4 Å². The summed E-state index contributed by atoms with van der Waals surface area (Å²) in [4.78, 5) is 40.0. The van der Waals surface area contributed by atoms with Crippen LogP contribution in [0.25, 0.3) is 0 Å². The summed E-state index contributed by atoms with van der Waals surface area (Å²) in [7, 11) is 0. The number of likely N-dealkylation sites (tertiary alicyclic amines) is 1. The van der Waals surface area contributed by atoms with Crippen LogP contribution in [0.3, 0.4) is 0 Å². The predicted molar refractivity (Wildman–Crippen MR) is 90.3 cm³/mol. The summed E-state index contributed by atoms with van der Waals surface area (Å²) in [5, 5.41) is 0. The molecule has 2 saturated heterocycles. The summed E-state index contributed by atoms with van der Waals surface area (Å²) in [6, 6.07) is 5.35. The zero-order chi connectivity index (χ0) is 17.4. The number of anilines is 1. The number of piperidine rings is 1. The molecule has 2 aliphatic rings. The van der Waals surface area contributed by atoms with Crippen molar-refractivity contribution in [2.24, 2.45) is 11.7 Å². The largest absolute Gasteiger partial charge is 0.369 e. The maximum atomic E-state index is 12.9. The van der Waals surface area contributed by atoms with Crippen LogP contribution in [0.4, 0.5) is 5.69 Å². The first-order valence-electron chi connectivity index (χ1n) is 8.36. The Hall–Kier alpha value is -2.21. The van der Waals surface area contributed by atoms with Crippen molar-refractivity contribution in [3.63, 3.8) is 0 Å². The zero-order valence-corrected chi connectivity index (χ0v) is 14.1. The number of carbonyl (C=O) groups is 3. The molecule has 1 aromatic carbocycles. The smallest absolute Gasteiger partial charge is 0.251 e. The lowest BCUT2D eigenvalue weighted by Crippen LogP contribution is -2.47. The highest BCUT2D eigenvalue weighted by molar-refractivity contribution is 6.22. The summed E-state index contributed by atoms with van der Waals surface area (Å²) >= 11 is 0. The van der Waals surface area contributed by atoms with E-state index in [9.17, 15) is 14.4 Å². The van der Waals surface area contributed by atoms with Crippen LogP contribution in [0.1, 0.15) is 30.4 Å². The second-order valence-corrected chi connectivity index (χ2v) is 6.79. The van der Waals surface area contributed by atoms with E-state index in [-0.39, 0.29) is 30.1 Å². The maximum absolute atomic E-state index is 12.9. The van der Waals surface area contributed by atoms with E-state index < -0.39 is 6.04 Å². The predicted octanol–water partition coefficient (Wildman–Crippen LogP) is 1.13. The Balaban J connectivity index is 1.78. The minimum Gasteiger partial charge on any atom is -0.369 e. The fourth-order valence-electron chi connectivity index (χ4n) is 3.61. The molecule has 24 heavy (non-hydrogen) atoms. The van der Waals surface area contributed by atoms with Gasteiger partial charge in [0.15, 0.2) is 0 Å². The number of nitrogens with zero attached hydrogens (tertiary/aromatic N) is 2. The zero-order valence-electron chi connectivity index (χ0n) is 14.1. The molecule has 1 aromatic rings. The first kappa shape index (κ1) is 16.6. The SMILES string of the molecule is Cc1ccc(C)c(N2C(=O)CC(N3CCC(C(N)=O)CC3)C2=O)c1. The van der Waals surface area contributed by atoms with Crippen LogP contribution in [0.5, 0.6) is 0 Å². The van der Waals surface area contributed by atoms with Crippen molar-refractivity contribution in [3.05, 3.63) is 29.3 Å². The average Bonchev–Trinajstić information content (AvgIpc) is 2.84. The van der Waals surface area contributed by atoms with Gasteiger partial charge in [-0.05, 0) is 57.0 Å². The second kappa shape index (κ2) is 6.36. The lowest BCUT2D eigenvalue weighted by Gasteiger charge is -2.33. The minimum atomic E-state index is -0.425. The van der Waals surface area contributed by atoms with Crippen molar-refractivity contribution in [1.29, 1.82) is 0 Å². The van der Waals surface area contributed by atoms with Crippen LogP contribution >= 0.6 is 0 Å². The Bertz CT molecular complexity index is 693. The summed E-state index contributed by atoms with van der Waals surface area (Å²) < 4.78 is 0. The van der Waals surface area contributed by atoms with Crippen LogP contribution in [0, 0.1) is 19.8 Å². The molecule has 3 amide bonds. The number of rotatable bonds is 3. The first-order valence-corrected chi connectivity index (χ1v) is 8.36. The van der Waals surface area contributed by atoms with E-state index >= 15 is 0 Å². The molecule has 1 atom stereocenters. The molecule has 0 bridgehead atoms.